The van der Waals surface area contributed by atoms with E-state index in [0.29, 0.717) is 5.69 Å². The van der Waals surface area contributed by atoms with Gasteiger partial charge in [-0.2, -0.15) is 0 Å². The zero-order chi connectivity index (χ0) is 19.9. The number of alkyl carbamates (subject to hydrolysis) is 1. The van der Waals surface area contributed by atoms with E-state index in [2.05, 4.69) is 16.0 Å². The zero-order valence-corrected chi connectivity index (χ0v) is 16.8. The van der Waals surface area contributed by atoms with E-state index in [-0.39, 0.29) is 17.5 Å². The Balaban J connectivity index is 1.91. The van der Waals surface area contributed by atoms with Crippen molar-refractivity contribution in [1.29, 1.82) is 0 Å². The highest BCUT2D eigenvalue weighted by Crippen LogP contribution is 2.29. The lowest BCUT2D eigenvalue weighted by molar-refractivity contribution is 0.135. The molecule has 0 heterocycles. The third-order valence-electron chi connectivity index (χ3n) is 3.18. The minimum Gasteiger partial charge on any atom is -0.445 e. The first-order valence-electron chi connectivity index (χ1n) is 7.61. The molecule has 0 saturated heterocycles. The molecule has 0 aliphatic rings. The van der Waals surface area contributed by atoms with Crippen molar-refractivity contribution in [3.05, 3.63) is 66.0 Å². The summed E-state index contributed by atoms with van der Waals surface area (Å²) in [7, 11) is 0. The number of rotatable bonds is 5. The van der Waals surface area contributed by atoms with E-state index in [0.717, 1.165) is 5.56 Å². The Morgan fingerprint density at radius 1 is 1.07 bits per heavy atom. The number of amides is 1. The zero-order valence-electron chi connectivity index (χ0n) is 13.7. The Kier molecular flexibility index (Phi) is 7.91. The fourth-order valence-corrected chi connectivity index (χ4v) is 2.48. The quantitative estimate of drug-likeness (QED) is 0.349. The van der Waals surface area contributed by atoms with Crippen LogP contribution in [0.5, 0.6) is 0 Å². The molecule has 2 aromatic rings. The van der Waals surface area contributed by atoms with E-state index in [9.17, 15) is 9.18 Å². The number of benzene rings is 2. The van der Waals surface area contributed by atoms with E-state index in [4.69, 9.17) is 51.8 Å². The van der Waals surface area contributed by atoms with Crippen LogP contribution in [-0.4, -0.2) is 21.2 Å². The minimum absolute atomic E-state index is 0.0531. The van der Waals surface area contributed by atoms with Crippen molar-refractivity contribution in [2.24, 2.45) is 0 Å². The maximum atomic E-state index is 12.9. The van der Waals surface area contributed by atoms with Crippen LogP contribution in [0.1, 0.15) is 5.56 Å². The number of thiocarbonyl (C=S) groups is 1. The molecule has 0 aliphatic heterocycles. The van der Waals surface area contributed by atoms with Crippen LogP contribution in [0.4, 0.5) is 14.9 Å². The van der Waals surface area contributed by atoms with Crippen LogP contribution in [0.3, 0.4) is 0 Å². The highest BCUT2D eigenvalue weighted by molar-refractivity contribution is 7.80. The average molecular weight is 451 g/mol. The van der Waals surface area contributed by atoms with Gasteiger partial charge < -0.3 is 15.4 Å². The Labute approximate surface area is 176 Å². The van der Waals surface area contributed by atoms with Crippen molar-refractivity contribution in [1.82, 2.24) is 10.6 Å². The SMILES string of the molecule is O=C(N[C@H](NC(=S)Nc1ccc(F)cc1)C(Cl)(Cl)Cl)OCc1ccccc1. The molecule has 0 radical (unpaired) electrons. The number of anilines is 1. The molecule has 0 bridgehead atoms. The number of hydrogen-bond acceptors (Lipinski definition) is 3. The molecule has 2 aromatic carbocycles. The van der Waals surface area contributed by atoms with Crippen LogP contribution in [0.25, 0.3) is 0 Å². The molecular weight excluding hydrogens is 436 g/mol. The fraction of sp³-hybridized carbons (Fsp3) is 0.176. The van der Waals surface area contributed by atoms with Gasteiger partial charge in [0.2, 0.25) is 3.79 Å². The summed E-state index contributed by atoms with van der Waals surface area (Å²) in [5.74, 6) is -0.388. The molecule has 5 nitrogen and oxygen atoms in total. The van der Waals surface area contributed by atoms with E-state index in [1.54, 1.807) is 12.1 Å². The highest BCUT2D eigenvalue weighted by atomic mass is 35.6. The van der Waals surface area contributed by atoms with E-state index in [1.807, 2.05) is 18.2 Å². The molecule has 0 saturated carbocycles. The van der Waals surface area contributed by atoms with Crippen LogP contribution in [0, 0.1) is 5.82 Å². The molecule has 0 aromatic heterocycles. The van der Waals surface area contributed by atoms with Crippen molar-refractivity contribution in [2.75, 3.05) is 5.32 Å². The summed E-state index contributed by atoms with van der Waals surface area (Å²) in [4.78, 5) is 12.0. The van der Waals surface area contributed by atoms with Gasteiger partial charge in [-0.3, -0.25) is 5.32 Å². The highest BCUT2D eigenvalue weighted by Gasteiger charge is 2.35. The van der Waals surface area contributed by atoms with Crippen LogP contribution >= 0.6 is 47.0 Å². The summed E-state index contributed by atoms with van der Waals surface area (Å²) in [5, 5.41) is 7.91. The van der Waals surface area contributed by atoms with Gasteiger partial charge in [0.15, 0.2) is 11.3 Å². The third kappa shape index (κ3) is 7.76. The predicted molar refractivity (Wildman–Crippen MR) is 110 cm³/mol. The number of carbonyl (C=O) groups excluding carboxylic acids is 1. The first-order valence-corrected chi connectivity index (χ1v) is 9.15. The first kappa shape index (κ1) is 21.5. The van der Waals surface area contributed by atoms with Crippen LogP contribution in [-0.2, 0) is 11.3 Å². The Bertz CT molecular complexity index is 773. The van der Waals surface area contributed by atoms with Gasteiger partial charge in [0.1, 0.15) is 12.4 Å². The van der Waals surface area contributed by atoms with E-state index < -0.39 is 16.1 Å². The van der Waals surface area contributed by atoms with Crippen LogP contribution in [0.15, 0.2) is 54.6 Å². The molecule has 0 spiro atoms. The van der Waals surface area contributed by atoms with Gasteiger partial charge >= 0.3 is 6.09 Å². The van der Waals surface area contributed by atoms with E-state index >= 15 is 0 Å². The van der Waals surface area contributed by atoms with Crippen LogP contribution in [0.2, 0.25) is 0 Å². The minimum atomic E-state index is -1.92. The lowest BCUT2D eigenvalue weighted by Gasteiger charge is -2.27. The molecule has 27 heavy (non-hydrogen) atoms. The summed E-state index contributed by atoms with van der Waals surface area (Å²) < 4.78 is 16.1. The number of nitrogens with one attached hydrogen (secondary N) is 3. The van der Waals surface area contributed by atoms with Crippen molar-refractivity contribution < 1.29 is 13.9 Å². The fourth-order valence-electron chi connectivity index (χ4n) is 1.91. The Hall–Kier alpha value is -1.80. The normalized spacial score (nSPS) is 12.0. The first-order chi connectivity index (χ1) is 12.7. The lowest BCUT2D eigenvalue weighted by Crippen LogP contribution is -2.56. The van der Waals surface area contributed by atoms with Gasteiger partial charge in [-0.25, -0.2) is 9.18 Å². The molecule has 2 rings (SSSR count). The molecule has 1 amide bonds. The van der Waals surface area contributed by atoms with Gasteiger partial charge in [-0.05, 0) is 42.0 Å². The summed E-state index contributed by atoms with van der Waals surface area (Å²) in [6.07, 6.45) is -1.97. The number of carbonyl (C=O) groups is 1. The predicted octanol–water partition coefficient (Wildman–Crippen LogP) is 4.73. The van der Waals surface area contributed by atoms with Crippen molar-refractivity contribution in [2.45, 2.75) is 16.6 Å². The van der Waals surface area contributed by atoms with Gasteiger partial charge in [0.25, 0.3) is 0 Å². The molecule has 3 N–H and O–H groups in total. The lowest BCUT2D eigenvalue weighted by atomic mass is 10.2. The molecule has 1 atom stereocenters. The topological polar surface area (TPSA) is 62.4 Å². The van der Waals surface area contributed by atoms with Gasteiger partial charge in [0, 0.05) is 5.69 Å². The van der Waals surface area contributed by atoms with Gasteiger partial charge in [0.05, 0.1) is 0 Å². The van der Waals surface area contributed by atoms with Crippen molar-refractivity contribution in [3.63, 3.8) is 0 Å². The molecular formula is C17H15Cl3FN3O2S. The van der Waals surface area contributed by atoms with Crippen LogP contribution < -0.4 is 16.0 Å². The second kappa shape index (κ2) is 9.94. The summed E-state index contributed by atoms with van der Waals surface area (Å²) in [5.41, 5.74) is 1.32. The maximum absolute atomic E-state index is 12.9. The van der Waals surface area contributed by atoms with Gasteiger partial charge in [-0.1, -0.05) is 65.1 Å². The third-order valence-corrected chi connectivity index (χ3v) is 4.05. The van der Waals surface area contributed by atoms with Gasteiger partial charge in [-0.15, -0.1) is 0 Å². The van der Waals surface area contributed by atoms with E-state index in [1.165, 1.54) is 24.3 Å². The summed E-state index contributed by atoms with van der Waals surface area (Å²) in [6.45, 7) is 0.0531. The summed E-state index contributed by atoms with van der Waals surface area (Å²) in [6, 6.07) is 14.6. The summed E-state index contributed by atoms with van der Waals surface area (Å²) >= 11 is 22.8. The average Bonchev–Trinajstić information content (AvgIpc) is 2.61. The van der Waals surface area contributed by atoms with Crippen molar-refractivity contribution in [3.8, 4) is 0 Å². The van der Waals surface area contributed by atoms with Crippen molar-refractivity contribution >= 4 is 63.9 Å². The molecule has 0 fully saturated rings. The maximum Gasteiger partial charge on any atom is 0.409 e. The standard InChI is InChI=1S/C17H15Cl3FN3O2S/c18-17(19,20)14(23-15(27)22-13-8-6-12(21)7-9-13)24-16(25)26-10-11-4-2-1-3-5-11/h1-9,14H,10H2,(H,24,25)(H2,22,23,27)/t14-/m0/s1. The Morgan fingerprint density at radius 3 is 2.30 bits per heavy atom. The number of ether oxygens (including phenoxy) is 1. The monoisotopic (exact) mass is 449 g/mol. The second-order valence-electron chi connectivity index (χ2n) is 5.29. The largest absolute Gasteiger partial charge is 0.445 e. The molecule has 0 unspecified atom stereocenters. The Morgan fingerprint density at radius 2 is 1.70 bits per heavy atom. The number of hydrogen-bond donors (Lipinski definition) is 3. The smallest absolute Gasteiger partial charge is 0.409 e. The molecule has 10 heteroatoms. The number of halogens is 4. The molecule has 144 valence electrons. The molecule has 0 aliphatic carbocycles. The second-order valence-corrected chi connectivity index (χ2v) is 8.06. The number of alkyl halides is 3.